The van der Waals surface area contributed by atoms with Crippen LogP contribution >= 0.6 is 0 Å². The van der Waals surface area contributed by atoms with E-state index in [0.29, 0.717) is 0 Å². The fraction of sp³-hybridized carbons (Fsp3) is 0.280. The lowest BCUT2D eigenvalue weighted by Gasteiger charge is -2.15. The van der Waals surface area contributed by atoms with Gasteiger partial charge in [0.2, 0.25) is 5.69 Å². The summed E-state index contributed by atoms with van der Waals surface area (Å²) in [6.07, 6.45) is 9.53. The molecule has 0 saturated heterocycles. The van der Waals surface area contributed by atoms with E-state index in [4.69, 9.17) is 0 Å². The van der Waals surface area contributed by atoms with Crippen molar-refractivity contribution in [1.29, 1.82) is 0 Å². The molecular formula is C25H30N2+2. The molecule has 2 aromatic rings. The minimum atomic E-state index is 0.0232. The molecule has 0 bridgehead atoms. The van der Waals surface area contributed by atoms with Gasteiger partial charge in [0.1, 0.15) is 13.6 Å². The Morgan fingerprint density at radius 1 is 1.07 bits per heavy atom. The molecule has 0 atom stereocenters. The van der Waals surface area contributed by atoms with E-state index in [9.17, 15) is 0 Å². The summed E-state index contributed by atoms with van der Waals surface area (Å²) in [4.78, 5) is 0. The number of hydrogen-bond acceptors (Lipinski definition) is 0. The van der Waals surface area contributed by atoms with Crippen molar-refractivity contribution in [2.24, 2.45) is 0 Å². The molecule has 0 aliphatic carbocycles. The van der Waals surface area contributed by atoms with Crippen LogP contribution in [-0.2, 0) is 11.8 Å². The third kappa shape index (κ3) is 3.71. The summed E-state index contributed by atoms with van der Waals surface area (Å²) >= 11 is 0. The van der Waals surface area contributed by atoms with Crippen molar-refractivity contribution in [2.45, 2.75) is 32.6 Å². The van der Waals surface area contributed by atoms with Crippen LogP contribution in [0.3, 0.4) is 0 Å². The molecule has 0 spiro atoms. The number of para-hydroxylation sites is 1. The first kappa shape index (κ1) is 19.0. The van der Waals surface area contributed by atoms with Crippen LogP contribution < -0.4 is 0 Å². The second-order valence-electron chi connectivity index (χ2n) is 7.53. The van der Waals surface area contributed by atoms with E-state index >= 15 is 0 Å². The Labute approximate surface area is 163 Å². The lowest BCUT2D eigenvalue weighted by atomic mass is 9.81. The second-order valence-corrected chi connectivity index (χ2v) is 7.53. The van der Waals surface area contributed by atoms with Crippen molar-refractivity contribution in [2.75, 3.05) is 13.6 Å². The molecule has 0 aromatic heterocycles. The molecule has 0 N–H and O–H groups in total. The number of hydrogen-bond donors (Lipinski definition) is 0. The highest BCUT2D eigenvalue weighted by Crippen LogP contribution is 2.38. The van der Waals surface area contributed by atoms with Gasteiger partial charge < -0.3 is 0 Å². The van der Waals surface area contributed by atoms with E-state index < -0.39 is 0 Å². The summed E-state index contributed by atoms with van der Waals surface area (Å²) in [6.45, 7) is 11.6. The fourth-order valence-electron chi connectivity index (χ4n) is 3.90. The van der Waals surface area contributed by atoms with Crippen LogP contribution in [0.25, 0.3) is 0 Å². The normalized spacial score (nSPS) is 16.1. The Balaban J connectivity index is 1.87. The molecule has 1 heterocycles. The molecule has 0 fully saturated rings. The van der Waals surface area contributed by atoms with Gasteiger partial charge in [0.25, 0.3) is 0 Å². The number of fused-ring (bicyclic) bond motifs is 1. The maximum atomic E-state index is 3.89. The van der Waals surface area contributed by atoms with Gasteiger partial charge in [-0.25, -0.2) is 4.58 Å². The zero-order chi connectivity index (χ0) is 19.4. The van der Waals surface area contributed by atoms with E-state index in [2.05, 4.69) is 110 Å². The molecule has 1 aliphatic rings. The van der Waals surface area contributed by atoms with Gasteiger partial charge >= 0.3 is 0 Å². The number of allylic oxidation sites excluding steroid dienone is 2. The molecular weight excluding hydrogens is 328 g/mol. The highest BCUT2D eigenvalue weighted by molar-refractivity contribution is 6.03. The third-order valence-corrected chi connectivity index (χ3v) is 5.51. The number of nitrogens with zero attached hydrogens (tertiary/aromatic N) is 2. The predicted molar refractivity (Wildman–Crippen MR) is 116 cm³/mol. The van der Waals surface area contributed by atoms with E-state index in [1.165, 1.54) is 28.1 Å². The van der Waals surface area contributed by atoms with E-state index in [-0.39, 0.29) is 5.41 Å². The first-order valence-electron chi connectivity index (χ1n) is 9.67. The molecule has 2 heteroatoms. The van der Waals surface area contributed by atoms with Gasteiger partial charge in [-0.2, -0.15) is 4.58 Å². The summed E-state index contributed by atoms with van der Waals surface area (Å²) in [5.74, 6) is 0. The van der Waals surface area contributed by atoms with E-state index in [0.717, 1.165) is 13.0 Å². The Hall–Kier alpha value is -2.74. The van der Waals surface area contributed by atoms with Crippen LogP contribution in [0.1, 0.15) is 37.5 Å². The molecule has 0 saturated carbocycles. The summed E-state index contributed by atoms with van der Waals surface area (Å²) in [7, 11) is 2.16. The topological polar surface area (TPSA) is 6.02 Å². The largest absolute Gasteiger partial charge is 0.209 e. The monoisotopic (exact) mass is 358 g/mol. The Morgan fingerprint density at radius 3 is 2.48 bits per heavy atom. The second kappa shape index (κ2) is 7.87. The van der Waals surface area contributed by atoms with Crippen molar-refractivity contribution < 1.29 is 9.15 Å². The maximum Gasteiger partial charge on any atom is 0.209 e. The minimum Gasteiger partial charge on any atom is -0.205 e. The Morgan fingerprint density at radius 2 is 1.78 bits per heavy atom. The maximum absolute atomic E-state index is 3.89. The molecule has 0 amide bonds. The summed E-state index contributed by atoms with van der Waals surface area (Å²) in [6, 6.07) is 17.3. The van der Waals surface area contributed by atoms with Gasteiger partial charge in [0.15, 0.2) is 18.1 Å². The van der Waals surface area contributed by atoms with Crippen molar-refractivity contribution in [3.05, 3.63) is 90.2 Å². The van der Waals surface area contributed by atoms with Crippen molar-refractivity contribution in [1.82, 2.24) is 0 Å². The molecule has 0 radical (unpaired) electrons. The molecule has 0 unspecified atom stereocenters. The van der Waals surface area contributed by atoms with Gasteiger partial charge in [0, 0.05) is 23.3 Å². The van der Waals surface area contributed by atoms with Crippen molar-refractivity contribution in [3.8, 4) is 0 Å². The van der Waals surface area contributed by atoms with Crippen LogP contribution in [0.15, 0.2) is 73.5 Å². The number of benzene rings is 2. The van der Waals surface area contributed by atoms with Gasteiger partial charge in [-0.15, -0.1) is 0 Å². The zero-order valence-electron chi connectivity index (χ0n) is 16.9. The number of rotatable bonds is 6. The van der Waals surface area contributed by atoms with Crippen molar-refractivity contribution >= 4 is 17.6 Å². The highest BCUT2D eigenvalue weighted by Gasteiger charge is 2.42. The van der Waals surface area contributed by atoms with E-state index in [1.54, 1.807) is 0 Å². The fourth-order valence-corrected chi connectivity index (χ4v) is 3.90. The van der Waals surface area contributed by atoms with Gasteiger partial charge in [-0.1, -0.05) is 42.5 Å². The quantitative estimate of drug-likeness (QED) is 0.501. The first-order valence-corrected chi connectivity index (χ1v) is 9.67. The smallest absolute Gasteiger partial charge is 0.205 e. The van der Waals surface area contributed by atoms with Gasteiger partial charge in [-0.3, -0.25) is 0 Å². The summed E-state index contributed by atoms with van der Waals surface area (Å²) in [5, 5.41) is 0. The van der Waals surface area contributed by atoms with Gasteiger partial charge in [0.05, 0.1) is 5.41 Å². The highest BCUT2D eigenvalue weighted by atomic mass is 15.0. The minimum absolute atomic E-state index is 0.0232. The summed E-state index contributed by atoms with van der Waals surface area (Å²) in [5.41, 5.74) is 6.63. The van der Waals surface area contributed by atoms with E-state index in [1.807, 2.05) is 6.20 Å². The van der Waals surface area contributed by atoms with Crippen LogP contribution in [0.2, 0.25) is 0 Å². The predicted octanol–water partition coefficient (Wildman–Crippen LogP) is 5.09. The first-order chi connectivity index (χ1) is 13.0. The lowest BCUT2D eigenvalue weighted by molar-refractivity contribution is -0.446. The Kier molecular flexibility index (Phi) is 5.55. The molecule has 138 valence electrons. The average Bonchev–Trinajstić information content (AvgIpc) is 2.88. The Bertz CT molecular complexity index is 942. The molecule has 2 nitrogen and oxygen atoms in total. The molecule has 2 aromatic carbocycles. The van der Waals surface area contributed by atoms with Crippen LogP contribution in [0.4, 0.5) is 5.69 Å². The SMILES string of the molecule is C=C[N+](=Cc1ccccc1C/C=C/C1=[N+](C)c2ccccc2C1(C)C)CC. The third-order valence-electron chi connectivity index (χ3n) is 5.51. The molecule has 27 heavy (non-hydrogen) atoms. The molecule has 1 aliphatic heterocycles. The van der Waals surface area contributed by atoms with Crippen LogP contribution in [0, 0.1) is 0 Å². The standard InChI is InChI=1S/C25H30N2/c1-6-27(7-2)19-21-14-9-8-13-20(21)15-12-18-24-25(3,4)22-16-10-11-17-23(22)26(24)5/h6,8-14,16-19H,1,7,15H2,2-5H3/q+2/b18-12+,27-19?. The van der Waals surface area contributed by atoms with Gasteiger partial charge in [-0.05, 0) is 45.4 Å². The molecule has 3 rings (SSSR count). The lowest BCUT2D eigenvalue weighted by Crippen LogP contribution is -2.26. The average molecular weight is 359 g/mol. The van der Waals surface area contributed by atoms with Crippen LogP contribution in [0.5, 0.6) is 0 Å². The van der Waals surface area contributed by atoms with Crippen molar-refractivity contribution in [3.63, 3.8) is 0 Å². The van der Waals surface area contributed by atoms with Crippen LogP contribution in [-0.4, -0.2) is 34.7 Å². The summed E-state index contributed by atoms with van der Waals surface area (Å²) < 4.78 is 4.43. The zero-order valence-corrected chi connectivity index (χ0v) is 16.9.